The molecule has 1 amide bonds. The minimum Gasteiger partial charge on any atom is -0.339 e. The molecule has 2 heterocycles. The predicted octanol–water partition coefficient (Wildman–Crippen LogP) is 3.25. The van der Waals surface area contributed by atoms with E-state index in [0.717, 1.165) is 31.0 Å². The highest BCUT2D eigenvalue weighted by Crippen LogP contribution is 2.28. The van der Waals surface area contributed by atoms with E-state index in [-0.39, 0.29) is 33.7 Å². The van der Waals surface area contributed by atoms with Crippen molar-refractivity contribution in [3.63, 3.8) is 0 Å². The van der Waals surface area contributed by atoms with E-state index < -0.39 is 5.82 Å². The maximum Gasteiger partial charge on any atom is 0.308 e. The van der Waals surface area contributed by atoms with Gasteiger partial charge in [0.1, 0.15) is 12.4 Å². The van der Waals surface area contributed by atoms with Gasteiger partial charge in [0.05, 0.1) is 15.2 Å². The summed E-state index contributed by atoms with van der Waals surface area (Å²) in [5.41, 5.74) is 1.06. The first kappa shape index (κ1) is 21.7. The predicted molar refractivity (Wildman–Crippen MR) is 120 cm³/mol. The first-order chi connectivity index (χ1) is 14.9. The average molecular weight is 462 g/mol. The molecule has 0 N–H and O–H groups in total. The minimum absolute atomic E-state index is 0.0630. The maximum absolute atomic E-state index is 13.2. The summed E-state index contributed by atoms with van der Waals surface area (Å²) in [6, 6.07) is 8.32. The monoisotopic (exact) mass is 461 g/mol. The molecule has 0 bridgehead atoms. The van der Waals surface area contributed by atoms with Crippen LogP contribution in [0.1, 0.15) is 22.8 Å². The molecule has 0 saturated carbocycles. The van der Waals surface area contributed by atoms with Crippen molar-refractivity contribution in [2.24, 2.45) is 0 Å². The summed E-state index contributed by atoms with van der Waals surface area (Å²) in [4.78, 5) is 41.9. The van der Waals surface area contributed by atoms with Gasteiger partial charge in [0.2, 0.25) is 5.91 Å². The molecule has 0 atom stereocenters. The Morgan fingerprint density at radius 3 is 2.42 bits per heavy atom. The number of rotatable bonds is 5. The zero-order chi connectivity index (χ0) is 22.1. The van der Waals surface area contributed by atoms with Gasteiger partial charge in [0.15, 0.2) is 5.78 Å². The molecule has 0 aliphatic carbocycles. The smallest absolute Gasteiger partial charge is 0.308 e. The third kappa shape index (κ3) is 4.42. The third-order valence-electron chi connectivity index (χ3n) is 5.57. The fourth-order valence-electron chi connectivity index (χ4n) is 3.71. The van der Waals surface area contributed by atoms with Crippen LogP contribution in [-0.2, 0) is 11.3 Å². The second-order valence-electron chi connectivity index (χ2n) is 7.40. The molecule has 31 heavy (non-hydrogen) atoms. The topological polar surface area (TPSA) is 62.6 Å². The largest absolute Gasteiger partial charge is 0.339 e. The molecule has 2 aromatic carbocycles. The lowest BCUT2D eigenvalue weighted by Gasteiger charge is -2.34. The van der Waals surface area contributed by atoms with E-state index >= 15 is 0 Å². The summed E-state index contributed by atoms with van der Waals surface area (Å²) in [6.45, 7) is 5.90. The van der Waals surface area contributed by atoms with Crippen LogP contribution in [0, 0.1) is 5.82 Å². The van der Waals surface area contributed by atoms with Crippen LogP contribution in [-0.4, -0.2) is 58.8 Å². The fraction of sp³-hybridized carbons (Fsp3) is 0.318. The fourth-order valence-corrected chi connectivity index (χ4v) is 4.87. The number of hydrogen-bond donors (Lipinski definition) is 0. The van der Waals surface area contributed by atoms with Gasteiger partial charge in [-0.25, -0.2) is 4.39 Å². The van der Waals surface area contributed by atoms with Crippen LogP contribution in [0.2, 0.25) is 5.02 Å². The zero-order valence-electron chi connectivity index (χ0n) is 16.9. The first-order valence-corrected chi connectivity index (χ1v) is 11.2. The molecule has 4 rings (SSSR count). The first-order valence-electron chi connectivity index (χ1n) is 10.0. The molecule has 0 spiro atoms. The number of piperazine rings is 1. The summed E-state index contributed by atoms with van der Waals surface area (Å²) in [7, 11) is 0. The summed E-state index contributed by atoms with van der Waals surface area (Å²) in [5, 5.41) is 0.178. The Hall–Kier alpha value is -2.55. The number of aromatic nitrogens is 1. The van der Waals surface area contributed by atoms with Gasteiger partial charge < -0.3 is 9.80 Å². The number of amides is 1. The van der Waals surface area contributed by atoms with Crippen LogP contribution in [0.25, 0.3) is 10.2 Å². The number of nitrogens with zero attached hydrogens (tertiary/aromatic N) is 3. The molecule has 1 saturated heterocycles. The lowest BCUT2D eigenvalue weighted by atomic mass is 10.0. The summed E-state index contributed by atoms with van der Waals surface area (Å²) >= 11 is 7.34. The van der Waals surface area contributed by atoms with Gasteiger partial charge in [-0.3, -0.25) is 19.0 Å². The Morgan fingerprint density at radius 1 is 1.10 bits per heavy atom. The van der Waals surface area contributed by atoms with Gasteiger partial charge in [-0.1, -0.05) is 29.9 Å². The van der Waals surface area contributed by atoms with Crippen LogP contribution in [0.3, 0.4) is 0 Å². The van der Waals surface area contributed by atoms with Crippen LogP contribution in [0.4, 0.5) is 4.39 Å². The third-order valence-corrected chi connectivity index (χ3v) is 6.83. The summed E-state index contributed by atoms with van der Waals surface area (Å²) < 4.78 is 15.1. The van der Waals surface area contributed by atoms with E-state index in [1.807, 2.05) is 0 Å². The lowest BCUT2D eigenvalue weighted by Crippen LogP contribution is -2.49. The number of carbonyl (C=O) groups is 2. The maximum atomic E-state index is 13.2. The molecule has 1 fully saturated rings. The summed E-state index contributed by atoms with van der Waals surface area (Å²) in [5.74, 6) is -0.904. The van der Waals surface area contributed by atoms with Crippen molar-refractivity contribution in [1.82, 2.24) is 14.4 Å². The van der Waals surface area contributed by atoms with Crippen LogP contribution >= 0.6 is 22.9 Å². The normalized spacial score (nSPS) is 14.9. The van der Waals surface area contributed by atoms with Gasteiger partial charge in [-0.2, -0.15) is 0 Å². The van der Waals surface area contributed by atoms with Gasteiger partial charge in [0.25, 0.3) is 0 Å². The van der Waals surface area contributed by atoms with Crippen LogP contribution in [0.5, 0.6) is 0 Å². The Morgan fingerprint density at radius 2 is 1.77 bits per heavy atom. The molecule has 9 heteroatoms. The van der Waals surface area contributed by atoms with E-state index in [4.69, 9.17) is 11.6 Å². The van der Waals surface area contributed by atoms with Gasteiger partial charge >= 0.3 is 4.87 Å². The Bertz CT molecular complexity index is 1200. The number of ketones is 1. The SMILES string of the molecule is CCN1CCN(C(=O)Cn2c(=O)sc3cc(C(=O)c4ccc(F)cc4)c(Cl)cc32)CC1. The van der Waals surface area contributed by atoms with Crippen LogP contribution < -0.4 is 4.87 Å². The van der Waals surface area contributed by atoms with Crippen molar-refractivity contribution in [3.05, 3.63) is 68.0 Å². The molecular formula is C22H21ClFN3O3S. The molecule has 0 unspecified atom stereocenters. The highest BCUT2D eigenvalue weighted by atomic mass is 35.5. The molecule has 3 aromatic rings. The lowest BCUT2D eigenvalue weighted by molar-refractivity contribution is -0.133. The Kier molecular flexibility index (Phi) is 6.22. The quantitative estimate of drug-likeness (QED) is 0.547. The molecule has 1 aromatic heterocycles. The van der Waals surface area contributed by atoms with Crippen LogP contribution in [0.15, 0.2) is 41.2 Å². The molecule has 6 nitrogen and oxygen atoms in total. The molecule has 162 valence electrons. The highest BCUT2D eigenvalue weighted by Gasteiger charge is 2.23. The van der Waals surface area contributed by atoms with Gasteiger partial charge in [0, 0.05) is 37.3 Å². The van der Waals surface area contributed by atoms with Crippen molar-refractivity contribution >= 4 is 44.8 Å². The van der Waals surface area contributed by atoms with Gasteiger partial charge in [-0.05, 0) is 42.9 Å². The summed E-state index contributed by atoms with van der Waals surface area (Å²) in [6.07, 6.45) is 0. The number of fused-ring (bicyclic) bond motifs is 1. The van der Waals surface area contributed by atoms with E-state index in [1.165, 1.54) is 28.8 Å². The number of likely N-dealkylation sites (N-methyl/N-ethyl adjacent to an activating group) is 1. The van der Waals surface area contributed by atoms with Crippen molar-refractivity contribution in [2.45, 2.75) is 13.5 Å². The molecule has 1 aliphatic heterocycles. The van der Waals surface area contributed by atoms with E-state index in [9.17, 15) is 18.8 Å². The van der Waals surface area contributed by atoms with E-state index in [1.54, 1.807) is 17.0 Å². The molecule has 1 aliphatic rings. The van der Waals surface area contributed by atoms with Crippen molar-refractivity contribution < 1.29 is 14.0 Å². The van der Waals surface area contributed by atoms with Crippen molar-refractivity contribution in [1.29, 1.82) is 0 Å². The van der Waals surface area contributed by atoms with Gasteiger partial charge in [-0.15, -0.1) is 0 Å². The number of hydrogen-bond acceptors (Lipinski definition) is 5. The van der Waals surface area contributed by atoms with Crippen molar-refractivity contribution in [2.75, 3.05) is 32.7 Å². The number of benzene rings is 2. The second-order valence-corrected chi connectivity index (χ2v) is 8.81. The molecule has 0 radical (unpaired) electrons. The Labute approximate surface area is 187 Å². The number of carbonyl (C=O) groups excluding carboxylic acids is 2. The second kappa shape index (κ2) is 8.90. The van der Waals surface area contributed by atoms with Crippen molar-refractivity contribution in [3.8, 4) is 0 Å². The number of halogens is 2. The number of thiazole rings is 1. The average Bonchev–Trinajstić information content (AvgIpc) is 3.07. The highest BCUT2D eigenvalue weighted by molar-refractivity contribution is 7.16. The van der Waals surface area contributed by atoms with E-state index in [2.05, 4.69) is 11.8 Å². The Balaban J connectivity index is 1.60. The van der Waals surface area contributed by atoms with E-state index in [0.29, 0.717) is 28.9 Å². The molecular weight excluding hydrogens is 441 g/mol. The standard InChI is InChI=1S/C22H21ClFN3O3S/c1-2-25-7-9-26(10-8-25)20(28)13-27-18-12-17(23)16(11-19(18)31-22(27)30)21(29)14-3-5-15(24)6-4-14/h3-6,11-12H,2,7-10,13H2,1H3. The minimum atomic E-state index is -0.436. The zero-order valence-corrected chi connectivity index (χ0v) is 18.5.